The highest BCUT2D eigenvalue weighted by Gasteiger charge is 2.17. The van der Waals surface area contributed by atoms with Crippen molar-refractivity contribution in [3.63, 3.8) is 0 Å². The average molecular weight is 365 g/mol. The van der Waals surface area contributed by atoms with Gasteiger partial charge in [0.15, 0.2) is 0 Å². The van der Waals surface area contributed by atoms with Crippen molar-refractivity contribution < 1.29 is 9.59 Å². The van der Waals surface area contributed by atoms with Gasteiger partial charge in [-0.3, -0.25) is 9.59 Å². The molecule has 0 bridgehead atoms. The Morgan fingerprint density at radius 2 is 1.22 bits per heavy atom. The number of carbonyl (C=O) groups is 2. The van der Waals surface area contributed by atoms with Crippen LogP contribution in [0.3, 0.4) is 0 Å². The van der Waals surface area contributed by atoms with E-state index in [0.717, 1.165) is 18.8 Å². The molecule has 1 heterocycles. The van der Waals surface area contributed by atoms with Crippen LogP contribution in [0, 0.1) is 0 Å². The van der Waals surface area contributed by atoms with E-state index in [1.54, 1.807) is 0 Å². The minimum atomic E-state index is -0.679. The fourth-order valence-corrected chi connectivity index (χ4v) is 3.16. The third-order valence-electron chi connectivity index (χ3n) is 4.81. The van der Waals surface area contributed by atoms with Crippen molar-refractivity contribution in [3.8, 4) is 0 Å². The van der Waals surface area contributed by atoms with Crippen LogP contribution in [0.25, 0.3) is 0 Å². The zero-order valence-corrected chi connectivity index (χ0v) is 16.2. The van der Waals surface area contributed by atoms with Gasteiger partial charge in [-0.2, -0.15) is 0 Å². The molecule has 0 aliphatic carbocycles. The van der Waals surface area contributed by atoms with Gasteiger partial charge in [0.2, 0.25) is 0 Å². The molecule has 1 fully saturated rings. The fraction of sp³-hybridized carbons (Fsp3) is 0.364. The molecule has 5 heteroatoms. The van der Waals surface area contributed by atoms with E-state index in [2.05, 4.69) is 36.3 Å². The molecule has 1 saturated heterocycles. The zero-order chi connectivity index (χ0) is 19.4. The summed E-state index contributed by atoms with van der Waals surface area (Å²) in [7, 11) is 0. The molecule has 0 unspecified atom stereocenters. The maximum Gasteiger partial charge on any atom is 0.314 e. The Morgan fingerprint density at radius 1 is 0.778 bits per heavy atom. The highest BCUT2D eigenvalue weighted by atomic mass is 16.2. The van der Waals surface area contributed by atoms with Gasteiger partial charge in [0.25, 0.3) is 0 Å². The number of hydrogen-bond donors (Lipinski definition) is 2. The Kier molecular flexibility index (Phi) is 5.49. The van der Waals surface area contributed by atoms with Gasteiger partial charge in [-0.15, -0.1) is 0 Å². The highest BCUT2D eigenvalue weighted by Crippen LogP contribution is 2.24. The van der Waals surface area contributed by atoms with Crippen LogP contribution < -0.4 is 15.5 Å². The number of hydrogen-bond acceptors (Lipinski definition) is 3. The lowest BCUT2D eigenvalue weighted by molar-refractivity contribution is -0.132. The van der Waals surface area contributed by atoms with E-state index in [9.17, 15) is 9.59 Å². The largest absolute Gasteiger partial charge is 0.372 e. The highest BCUT2D eigenvalue weighted by molar-refractivity contribution is 6.43. The molecule has 5 nitrogen and oxygen atoms in total. The molecule has 1 aliphatic heterocycles. The van der Waals surface area contributed by atoms with Crippen molar-refractivity contribution in [3.05, 3.63) is 54.1 Å². The first-order chi connectivity index (χ1) is 12.8. The molecule has 3 rings (SSSR count). The predicted molar refractivity (Wildman–Crippen MR) is 110 cm³/mol. The first kappa shape index (κ1) is 19.0. The maximum atomic E-state index is 12.2. The lowest BCUT2D eigenvalue weighted by Crippen LogP contribution is -2.29. The van der Waals surface area contributed by atoms with Gasteiger partial charge in [0.05, 0.1) is 0 Å². The molecule has 2 amide bonds. The molecule has 2 aromatic carbocycles. The Bertz CT molecular complexity index is 799. The second-order valence-electron chi connectivity index (χ2n) is 7.98. The average Bonchev–Trinajstić information content (AvgIpc) is 3.16. The second kappa shape index (κ2) is 7.82. The normalized spacial score (nSPS) is 14.1. The fourth-order valence-electron chi connectivity index (χ4n) is 3.16. The maximum absolute atomic E-state index is 12.2. The third kappa shape index (κ3) is 4.88. The Balaban J connectivity index is 1.56. The summed E-state index contributed by atoms with van der Waals surface area (Å²) >= 11 is 0. The van der Waals surface area contributed by atoms with E-state index >= 15 is 0 Å². The van der Waals surface area contributed by atoms with Crippen LogP contribution >= 0.6 is 0 Å². The van der Waals surface area contributed by atoms with Gasteiger partial charge < -0.3 is 15.5 Å². The van der Waals surface area contributed by atoms with E-state index in [0.29, 0.717) is 11.4 Å². The minimum absolute atomic E-state index is 0.0428. The molecular formula is C22H27N3O2. The lowest BCUT2D eigenvalue weighted by Gasteiger charge is -2.19. The van der Waals surface area contributed by atoms with Gasteiger partial charge in [-0.25, -0.2) is 0 Å². The van der Waals surface area contributed by atoms with E-state index < -0.39 is 11.8 Å². The van der Waals surface area contributed by atoms with E-state index in [1.807, 2.05) is 48.5 Å². The summed E-state index contributed by atoms with van der Waals surface area (Å²) < 4.78 is 0. The number of carbonyl (C=O) groups excluding carboxylic acids is 2. The van der Waals surface area contributed by atoms with Crippen molar-refractivity contribution in [1.29, 1.82) is 0 Å². The summed E-state index contributed by atoms with van der Waals surface area (Å²) in [6, 6.07) is 15.2. The summed E-state index contributed by atoms with van der Waals surface area (Å²) in [5, 5.41) is 5.28. The SMILES string of the molecule is CC(C)(C)c1ccc(NC(=O)C(=O)Nc2ccc(N3CCCC3)cc2)cc1. The van der Waals surface area contributed by atoms with Gasteiger partial charge >= 0.3 is 11.8 Å². The quantitative estimate of drug-likeness (QED) is 0.803. The summed E-state index contributed by atoms with van der Waals surface area (Å²) in [6.45, 7) is 8.53. The Hall–Kier alpha value is -2.82. The predicted octanol–water partition coefficient (Wildman–Crippen LogP) is 4.16. The summed E-state index contributed by atoms with van der Waals surface area (Å²) in [5.41, 5.74) is 3.58. The molecule has 142 valence electrons. The van der Waals surface area contributed by atoms with Gasteiger partial charge in [0, 0.05) is 30.2 Å². The van der Waals surface area contributed by atoms with Crippen molar-refractivity contribution in [2.75, 3.05) is 28.6 Å². The molecule has 0 saturated carbocycles. The third-order valence-corrected chi connectivity index (χ3v) is 4.81. The number of nitrogens with zero attached hydrogens (tertiary/aromatic N) is 1. The molecule has 0 radical (unpaired) electrons. The zero-order valence-electron chi connectivity index (χ0n) is 16.2. The van der Waals surface area contributed by atoms with Crippen LogP contribution in [-0.4, -0.2) is 24.9 Å². The molecule has 2 aromatic rings. The van der Waals surface area contributed by atoms with E-state index in [4.69, 9.17) is 0 Å². The van der Waals surface area contributed by atoms with Crippen molar-refractivity contribution in [1.82, 2.24) is 0 Å². The number of benzene rings is 2. The van der Waals surface area contributed by atoms with Crippen LogP contribution in [-0.2, 0) is 15.0 Å². The van der Waals surface area contributed by atoms with Crippen LogP contribution in [0.1, 0.15) is 39.2 Å². The van der Waals surface area contributed by atoms with Crippen LogP contribution in [0.15, 0.2) is 48.5 Å². The summed E-state index contributed by atoms with van der Waals surface area (Å²) in [5.74, 6) is -1.36. The van der Waals surface area contributed by atoms with Crippen LogP contribution in [0.2, 0.25) is 0 Å². The number of anilines is 3. The van der Waals surface area contributed by atoms with Crippen molar-refractivity contribution in [2.45, 2.75) is 39.0 Å². The van der Waals surface area contributed by atoms with Gasteiger partial charge in [-0.1, -0.05) is 32.9 Å². The molecule has 1 aliphatic rings. The Labute approximate surface area is 160 Å². The molecule has 2 N–H and O–H groups in total. The molecule has 0 atom stereocenters. The first-order valence-electron chi connectivity index (χ1n) is 9.41. The molecule has 27 heavy (non-hydrogen) atoms. The first-order valence-corrected chi connectivity index (χ1v) is 9.41. The number of amides is 2. The smallest absolute Gasteiger partial charge is 0.314 e. The van der Waals surface area contributed by atoms with Crippen LogP contribution in [0.4, 0.5) is 17.1 Å². The van der Waals surface area contributed by atoms with Gasteiger partial charge in [-0.05, 0) is 60.2 Å². The van der Waals surface area contributed by atoms with E-state index in [1.165, 1.54) is 18.4 Å². The van der Waals surface area contributed by atoms with Crippen molar-refractivity contribution >= 4 is 28.9 Å². The second-order valence-corrected chi connectivity index (χ2v) is 7.98. The number of nitrogens with one attached hydrogen (secondary N) is 2. The minimum Gasteiger partial charge on any atom is -0.372 e. The standard InChI is InChI=1S/C22H27N3O2/c1-22(2,3)16-6-8-17(9-7-16)23-20(26)21(27)24-18-10-12-19(13-11-18)25-14-4-5-15-25/h6-13H,4-5,14-15H2,1-3H3,(H,23,26)(H,24,27). The monoisotopic (exact) mass is 365 g/mol. The topological polar surface area (TPSA) is 61.4 Å². The van der Waals surface area contributed by atoms with Crippen LogP contribution in [0.5, 0.6) is 0 Å². The van der Waals surface area contributed by atoms with Gasteiger partial charge in [0.1, 0.15) is 0 Å². The lowest BCUT2D eigenvalue weighted by atomic mass is 9.87. The molecular weight excluding hydrogens is 338 g/mol. The van der Waals surface area contributed by atoms with Crippen molar-refractivity contribution in [2.24, 2.45) is 0 Å². The Morgan fingerprint density at radius 3 is 1.67 bits per heavy atom. The molecule has 0 spiro atoms. The number of rotatable bonds is 3. The van der Waals surface area contributed by atoms with E-state index in [-0.39, 0.29) is 5.41 Å². The molecule has 0 aromatic heterocycles. The summed E-state index contributed by atoms with van der Waals surface area (Å²) in [6.07, 6.45) is 2.44. The summed E-state index contributed by atoms with van der Waals surface area (Å²) in [4.78, 5) is 26.6.